The summed E-state index contributed by atoms with van der Waals surface area (Å²) >= 11 is 0. The molecule has 1 aromatic rings. The van der Waals surface area contributed by atoms with Crippen molar-refractivity contribution in [1.29, 1.82) is 0 Å². The summed E-state index contributed by atoms with van der Waals surface area (Å²) in [6, 6.07) is -0.731. The number of aryl methyl sites for hydroxylation is 2. The van der Waals surface area contributed by atoms with Gasteiger partial charge in [-0.15, -0.1) is 0 Å². The van der Waals surface area contributed by atoms with Gasteiger partial charge >= 0.3 is 0 Å². The Morgan fingerprint density at radius 3 is 2.43 bits per heavy atom. The second-order valence-electron chi connectivity index (χ2n) is 5.44. The van der Waals surface area contributed by atoms with Crippen molar-refractivity contribution in [2.75, 3.05) is 39.9 Å². The lowest BCUT2D eigenvalue weighted by molar-refractivity contribution is -0.134. The molecule has 10 heteroatoms. The minimum absolute atomic E-state index is 0.105. The summed E-state index contributed by atoms with van der Waals surface area (Å²) in [6.45, 7) is 4.28. The summed E-state index contributed by atoms with van der Waals surface area (Å²) in [4.78, 5) is 13.8. The van der Waals surface area contributed by atoms with Crippen LogP contribution in [-0.4, -0.2) is 74.6 Å². The van der Waals surface area contributed by atoms with E-state index in [2.05, 4.69) is 5.16 Å². The van der Waals surface area contributed by atoms with E-state index >= 15 is 0 Å². The van der Waals surface area contributed by atoms with Crippen LogP contribution in [0.5, 0.6) is 0 Å². The first-order valence-electron chi connectivity index (χ1n) is 7.25. The highest BCUT2D eigenvalue weighted by molar-refractivity contribution is 7.89. The number of aromatic nitrogens is 1. The maximum Gasteiger partial charge on any atom is 0.248 e. The number of ether oxygens (including phenoxy) is 1. The van der Waals surface area contributed by atoms with Crippen molar-refractivity contribution in [1.82, 2.24) is 14.4 Å². The topological polar surface area (TPSA) is 119 Å². The Morgan fingerprint density at radius 1 is 1.35 bits per heavy atom. The summed E-state index contributed by atoms with van der Waals surface area (Å²) in [5, 5.41) is 3.69. The van der Waals surface area contributed by atoms with Crippen molar-refractivity contribution in [2.24, 2.45) is 5.73 Å². The number of carbonyl (C=O) groups is 1. The zero-order chi connectivity index (χ0) is 17.2. The van der Waals surface area contributed by atoms with Crippen LogP contribution in [-0.2, 0) is 19.6 Å². The van der Waals surface area contributed by atoms with Crippen molar-refractivity contribution >= 4 is 15.9 Å². The smallest absolute Gasteiger partial charge is 0.248 e. The van der Waals surface area contributed by atoms with Gasteiger partial charge in [0.15, 0.2) is 5.76 Å². The van der Waals surface area contributed by atoms with Crippen LogP contribution in [0.4, 0.5) is 0 Å². The van der Waals surface area contributed by atoms with Gasteiger partial charge in [-0.1, -0.05) is 5.16 Å². The molecule has 0 spiro atoms. The number of rotatable bonds is 5. The molecule has 23 heavy (non-hydrogen) atoms. The molecule has 2 rings (SSSR count). The molecule has 0 saturated carbocycles. The predicted octanol–water partition coefficient (Wildman–Crippen LogP) is -0.902. The maximum atomic E-state index is 12.7. The number of hydrogen-bond donors (Lipinski definition) is 1. The number of hydrogen-bond acceptors (Lipinski definition) is 7. The molecular formula is C13H22N4O5S. The molecule has 1 aromatic heterocycles. The van der Waals surface area contributed by atoms with Crippen LogP contribution in [0.3, 0.4) is 0 Å². The van der Waals surface area contributed by atoms with Crippen molar-refractivity contribution in [3.63, 3.8) is 0 Å². The van der Waals surface area contributed by atoms with Gasteiger partial charge in [-0.2, -0.15) is 4.31 Å². The molecule has 0 aliphatic carbocycles. The Hall–Kier alpha value is -1.49. The van der Waals surface area contributed by atoms with Gasteiger partial charge in [0.05, 0.1) is 6.61 Å². The zero-order valence-corrected chi connectivity index (χ0v) is 14.3. The Balaban J connectivity index is 2.06. The minimum Gasteiger partial charge on any atom is -0.383 e. The van der Waals surface area contributed by atoms with Crippen LogP contribution in [0.25, 0.3) is 0 Å². The van der Waals surface area contributed by atoms with E-state index in [-0.39, 0.29) is 36.3 Å². The molecule has 0 radical (unpaired) electrons. The predicted molar refractivity (Wildman–Crippen MR) is 81.2 cm³/mol. The highest BCUT2D eigenvalue weighted by Gasteiger charge is 2.34. The largest absolute Gasteiger partial charge is 0.383 e. The number of carbonyl (C=O) groups excluding carboxylic acids is 1. The van der Waals surface area contributed by atoms with Gasteiger partial charge in [0, 0.05) is 33.3 Å². The fraction of sp³-hybridized carbons (Fsp3) is 0.692. The Bertz CT molecular complexity index is 644. The minimum atomic E-state index is -3.68. The fourth-order valence-electron chi connectivity index (χ4n) is 2.61. The molecule has 2 heterocycles. The third-order valence-electron chi connectivity index (χ3n) is 3.78. The average molecular weight is 346 g/mol. The van der Waals surface area contributed by atoms with E-state index in [0.29, 0.717) is 18.8 Å². The number of nitrogens with zero attached hydrogens (tertiary/aromatic N) is 3. The molecule has 1 amide bonds. The first-order valence-corrected chi connectivity index (χ1v) is 8.69. The number of sulfonamides is 1. The molecule has 130 valence electrons. The average Bonchev–Trinajstić information content (AvgIpc) is 2.86. The normalized spacial score (nSPS) is 18.2. The van der Waals surface area contributed by atoms with E-state index in [1.54, 1.807) is 18.7 Å². The van der Waals surface area contributed by atoms with Gasteiger partial charge in [-0.25, -0.2) is 8.42 Å². The Labute approximate surface area is 135 Å². The van der Waals surface area contributed by atoms with Crippen LogP contribution < -0.4 is 5.73 Å². The standard InChI is InChI=1S/C13H22N4O5S/c1-9-12(10(2)22-15-9)23(19,20)17-6-4-16(5-7-17)13(18)11(14)8-21-3/h11H,4-8,14H2,1-3H3. The molecule has 1 unspecified atom stereocenters. The first kappa shape index (κ1) is 17.9. The summed E-state index contributed by atoms with van der Waals surface area (Å²) in [5.41, 5.74) is 6.06. The second kappa shape index (κ2) is 6.95. The van der Waals surface area contributed by atoms with Crippen LogP contribution in [0, 0.1) is 13.8 Å². The van der Waals surface area contributed by atoms with Crippen LogP contribution >= 0.6 is 0 Å². The SMILES string of the molecule is COCC(N)C(=O)N1CCN(S(=O)(=O)c2c(C)noc2C)CC1. The highest BCUT2D eigenvalue weighted by atomic mass is 32.2. The van der Waals surface area contributed by atoms with E-state index in [1.807, 2.05) is 0 Å². The number of methoxy groups -OCH3 is 1. The van der Waals surface area contributed by atoms with Gasteiger partial charge in [0.25, 0.3) is 0 Å². The second-order valence-corrected chi connectivity index (χ2v) is 7.32. The third-order valence-corrected chi connectivity index (χ3v) is 5.92. The number of amides is 1. The lowest BCUT2D eigenvalue weighted by atomic mass is 10.2. The summed E-state index contributed by atoms with van der Waals surface area (Å²) in [7, 11) is -2.20. The quantitative estimate of drug-likeness (QED) is 0.733. The number of piperazine rings is 1. The van der Waals surface area contributed by atoms with Crippen LogP contribution in [0.1, 0.15) is 11.5 Å². The van der Waals surface area contributed by atoms with E-state index in [9.17, 15) is 13.2 Å². The summed E-state index contributed by atoms with van der Waals surface area (Å²) in [6.07, 6.45) is 0. The Morgan fingerprint density at radius 2 is 1.96 bits per heavy atom. The number of nitrogens with two attached hydrogens (primary N) is 1. The van der Waals surface area contributed by atoms with Crippen molar-refractivity contribution in [2.45, 2.75) is 24.8 Å². The van der Waals surface area contributed by atoms with Gasteiger partial charge in [0.1, 0.15) is 16.6 Å². The Kier molecular flexibility index (Phi) is 5.40. The lowest BCUT2D eigenvalue weighted by Gasteiger charge is -2.35. The molecule has 2 N–H and O–H groups in total. The molecule has 1 saturated heterocycles. The zero-order valence-electron chi connectivity index (χ0n) is 13.5. The van der Waals surface area contributed by atoms with Gasteiger partial charge < -0.3 is 19.9 Å². The van der Waals surface area contributed by atoms with Crippen LogP contribution in [0.2, 0.25) is 0 Å². The van der Waals surface area contributed by atoms with Crippen LogP contribution in [0.15, 0.2) is 9.42 Å². The molecule has 9 nitrogen and oxygen atoms in total. The molecular weight excluding hydrogens is 324 g/mol. The molecule has 1 aliphatic heterocycles. The third kappa shape index (κ3) is 3.55. The van der Waals surface area contributed by atoms with E-state index < -0.39 is 16.1 Å². The van der Waals surface area contributed by atoms with Gasteiger partial charge in [-0.05, 0) is 13.8 Å². The monoisotopic (exact) mass is 346 g/mol. The molecule has 1 fully saturated rings. The highest BCUT2D eigenvalue weighted by Crippen LogP contribution is 2.24. The molecule has 1 atom stereocenters. The van der Waals surface area contributed by atoms with Crippen molar-refractivity contribution < 1.29 is 22.5 Å². The van der Waals surface area contributed by atoms with E-state index in [4.69, 9.17) is 15.0 Å². The van der Waals surface area contributed by atoms with Gasteiger partial charge in [-0.3, -0.25) is 4.79 Å². The fourth-order valence-corrected chi connectivity index (χ4v) is 4.32. The maximum absolute atomic E-state index is 12.7. The molecule has 0 aromatic carbocycles. The van der Waals surface area contributed by atoms with E-state index in [0.717, 1.165) is 0 Å². The summed E-state index contributed by atoms with van der Waals surface area (Å²) in [5.74, 6) is 0.0318. The van der Waals surface area contributed by atoms with E-state index in [1.165, 1.54) is 11.4 Å². The van der Waals surface area contributed by atoms with Crippen molar-refractivity contribution in [3.05, 3.63) is 11.5 Å². The first-order chi connectivity index (χ1) is 10.8. The lowest BCUT2D eigenvalue weighted by Crippen LogP contribution is -2.55. The molecule has 0 bridgehead atoms. The van der Waals surface area contributed by atoms with Gasteiger partial charge in [0.2, 0.25) is 15.9 Å². The summed E-state index contributed by atoms with van der Waals surface area (Å²) < 4.78 is 36.5. The van der Waals surface area contributed by atoms with Crippen molar-refractivity contribution in [3.8, 4) is 0 Å². The molecule has 1 aliphatic rings.